The van der Waals surface area contributed by atoms with Crippen LogP contribution in [0.5, 0.6) is 11.5 Å². The van der Waals surface area contributed by atoms with E-state index in [0.717, 1.165) is 60.3 Å². The summed E-state index contributed by atoms with van der Waals surface area (Å²) in [6.07, 6.45) is 4.36. The van der Waals surface area contributed by atoms with Gasteiger partial charge >= 0.3 is 0 Å². The number of aromatic hydroxyl groups is 1. The van der Waals surface area contributed by atoms with Crippen LogP contribution in [0, 0.1) is 10.8 Å². The number of hydrogen-bond donors (Lipinski definition) is 1. The molecule has 0 radical (unpaired) electrons. The van der Waals surface area contributed by atoms with E-state index in [1.54, 1.807) is 12.1 Å². The van der Waals surface area contributed by atoms with Crippen molar-refractivity contribution in [3.05, 3.63) is 82.2 Å². The van der Waals surface area contributed by atoms with E-state index >= 15 is 0 Å². The molecule has 0 saturated carbocycles. The molecule has 0 atom stereocenters. The number of carbonyl (C=O) groups excluding carboxylic acids is 2. The lowest BCUT2D eigenvalue weighted by molar-refractivity contribution is -0.119. The molecule has 2 aliphatic carbocycles. The summed E-state index contributed by atoms with van der Waals surface area (Å²) in [6, 6.07) is 15.7. The van der Waals surface area contributed by atoms with Gasteiger partial charge in [-0.3, -0.25) is 9.59 Å². The molecule has 0 amide bonds. The fourth-order valence-electron chi connectivity index (χ4n) is 6.61. The van der Waals surface area contributed by atoms with Crippen molar-refractivity contribution in [3.8, 4) is 11.5 Å². The summed E-state index contributed by atoms with van der Waals surface area (Å²) in [4.78, 5) is 30.1. The molecule has 200 valence electrons. The van der Waals surface area contributed by atoms with E-state index in [4.69, 9.17) is 4.74 Å². The Balaban J connectivity index is 1.65. The van der Waals surface area contributed by atoms with E-state index in [2.05, 4.69) is 56.9 Å². The Morgan fingerprint density at radius 1 is 0.868 bits per heavy atom. The van der Waals surface area contributed by atoms with Gasteiger partial charge in [0, 0.05) is 47.8 Å². The number of phenols is 1. The molecule has 0 bridgehead atoms. The van der Waals surface area contributed by atoms with E-state index in [1.807, 2.05) is 12.1 Å². The molecule has 1 heterocycles. The Bertz CT molecular complexity index is 1280. The molecule has 0 unspecified atom stereocenters. The van der Waals surface area contributed by atoms with Crippen molar-refractivity contribution in [2.75, 3.05) is 13.7 Å². The molecule has 5 nitrogen and oxygen atoms in total. The van der Waals surface area contributed by atoms with Crippen LogP contribution in [0.2, 0.25) is 0 Å². The highest BCUT2D eigenvalue weighted by atomic mass is 16.5. The number of nitrogens with zero attached hydrogens (tertiary/aromatic N) is 1. The molecule has 2 aromatic rings. The summed E-state index contributed by atoms with van der Waals surface area (Å²) in [5, 5.41) is 10.3. The first-order valence-electron chi connectivity index (χ1n) is 13.7. The molecule has 1 N–H and O–H groups in total. The van der Waals surface area contributed by atoms with Crippen molar-refractivity contribution in [1.29, 1.82) is 0 Å². The molecule has 1 aliphatic heterocycles. The number of carbonyl (C=O) groups is 2. The van der Waals surface area contributed by atoms with Crippen molar-refractivity contribution in [3.63, 3.8) is 0 Å². The van der Waals surface area contributed by atoms with Gasteiger partial charge in [0.1, 0.15) is 0 Å². The lowest BCUT2D eigenvalue weighted by Crippen LogP contribution is -2.44. The predicted molar refractivity (Wildman–Crippen MR) is 149 cm³/mol. The van der Waals surface area contributed by atoms with Gasteiger partial charge in [-0.25, -0.2) is 0 Å². The number of methoxy groups -OCH3 is 1. The molecule has 5 rings (SSSR count). The monoisotopic (exact) mass is 513 g/mol. The van der Waals surface area contributed by atoms with Crippen LogP contribution < -0.4 is 4.74 Å². The molecular weight excluding hydrogens is 474 g/mol. The summed E-state index contributed by atoms with van der Waals surface area (Å²) in [6.45, 7) is 9.42. The van der Waals surface area contributed by atoms with Crippen LogP contribution in [0.25, 0.3) is 0 Å². The minimum atomic E-state index is -0.438. The molecule has 0 aromatic heterocycles. The number of ketones is 2. The molecule has 0 saturated heterocycles. The van der Waals surface area contributed by atoms with Crippen molar-refractivity contribution in [2.45, 2.75) is 72.1 Å². The molecule has 0 spiro atoms. The van der Waals surface area contributed by atoms with Crippen LogP contribution in [0.3, 0.4) is 0 Å². The van der Waals surface area contributed by atoms with Gasteiger partial charge in [0.25, 0.3) is 0 Å². The smallest absolute Gasteiger partial charge is 0.162 e. The van der Waals surface area contributed by atoms with Crippen LogP contribution in [0.1, 0.15) is 76.8 Å². The summed E-state index contributed by atoms with van der Waals surface area (Å²) >= 11 is 0. The topological polar surface area (TPSA) is 66.8 Å². The molecular formula is C33H39NO4. The van der Waals surface area contributed by atoms with Gasteiger partial charge < -0.3 is 14.7 Å². The maximum absolute atomic E-state index is 13.9. The summed E-state index contributed by atoms with van der Waals surface area (Å²) < 4.78 is 5.42. The average molecular weight is 514 g/mol. The normalized spacial score (nSPS) is 20.9. The third kappa shape index (κ3) is 4.91. The van der Waals surface area contributed by atoms with Gasteiger partial charge in [-0.1, -0.05) is 64.1 Å². The molecule has 2 aromatic carbocycles. The van der Waals surface area contributed by atoms with Crippen LogP contribution in [0.15, 0.2) is 71.1 Å². The molecule has 5 heteroatoms. The Morgan fingerprint density at radius 2 is 1.45 bits per heavy atom. The lowest BCUT2D eigenvalue weighted by Gasteiger charge is -2.49. The number of aryl methyl sites for hydroxylation is 1. The number of rotatable bonds is 6. The minimum absolute atomic E-state index is 0.0465. The second-order valence-corrected chi connectivity index (χ2v) is 12.7. The Labute approximate surface area is 226 Å². The third-order valence-electron chi connectivity index (χ3n) is 8.25. The first kappa shape index (κ1) is 26.3. The number of Topliss-reactive ketones (excluding diaryl/α,β-unsaturated/α-hetero) is 2. The summed E-state index contributed by atoms with van der Waals surface area (Å²) in [5.41, 5.74) is 5.45. The van der Waals surface area contributed by atoms with Crippen LogP contribution >= 0.6 is 0 Å². The number of phenolic OH excluding ortho intramolecular Hbond substituents is 1. The van der Waals surface area contributed by atoms with Crippen molar-refractivity contribution in [1.82, 2.24) is 4.90 Å². The maximum atomic E-state index is 13.9. The number of hydrogen-bond acceptors (Lipinski definition) is 5. The van der Waals surface area contributed by atoms with Gasteiger partial charge in [0.05, 0.1) is 7.11 Å². The average Bonchev–Trinajstić information content (AvgIpc) is 2.84. The van der Waals surface area contributed by atoms with Gasteiger partial charge in [-0.2, -0.15) is 0 Å². The molecule has 0 fully saturated rings. The minimum Gasteiger partial charge on any atom is -0.504 e. The van der Waals surface area contributed by atoms with Gasteiger partial charge in [0.2, 0.25) is 0 Å². The molecule has 3 aliphatic rings. The Morgan fingerprint density at radius 3 is 2.00 bits per heavy atom. The van der Waals surface area contributed by atoms with E-state index in [-0.39, 0.29) is 28.1 Å². The SMILES string of the molecule is COc1cc(C2C3=C(CC(C)(C)CC3=O)N(CCCc3ccccc3)C3=C2C(=O)CC(C)(C)C3)ccc1O. The lowest BCUT2D eigenvalue weighted by atomic mass is 9.63. The first-order chi connectivity index (χ1) is 18.0. The van der Waals surface area contributed by atoms with E-state index < -0.39 is 5.92 Å². The standard InChI is InChI=1S/C33H39NO4/c1-32(2)17-23-30(26(36)19-32)29(22-13-14-25(35)28(16-22)38-5)31-24(18-33(3,4)20-27(31)37)34(23)15-9-12-21-10-7-6-8-11-21/h6-8,10-11,13-14,16,29,35H,9,12,15,17-20H2,1-5H3. The number of ether oxygens (including phenoxy) is 1. The van der Waals surface area contributed by atoms with Crippen molar-refractivity contribution >= 4 is 11.6 Å². The fraction of sp³-hybridized carbons (Fsp3) is 0.455. The van der Waals surface area contributed by atoms with Gasteiger partial charge in [-0.15, -0.1) is 0 Å². The summed E-state index contributed by atoms with van der Waals surface area (Å²) in [7, 11) is 1.52. The zero-order chi connectivity index (χ0) is 27.2. The number of allylic oxidation sites excluding steroid dienone is 4. The second kappa shape index (κ2) is 9.76. The van der Waals surface area contributed by atoms with E-state index in [1.165, 1.54) is 12.7 Å². The zero-order valence-corrected chi connectivity index (χ0v) is 23.3. The van der Waals surface area contributed by atoms with Gasteiger partial charge in [0.15, 0.2) is 23.1 Å². The first-order valence-corrected chi connectivity index (χ1v) is 13.7. The highest BCUT2D eigenvalue weighted by molar-refractivity contribution is 6.06. The summed E-state index contributed by atoms with van der Waals surface area (Å²) in [5.74, 6) is 0.192. The zero-order valence-electron chi connectivity index (χ0n) is 23.3. The fourth-order valence-corrected chi connectivity index (χ4v) is 6.61. The van der Waals surface area contributed by atoms with Crippen molar-refractivity contribution in [2.24, 2.45) is 10.8 Å². The van der Waals surface area contributed by atoms with Crippen molar-refractivity contribution < 1.29 is 19.4 Å². The molecule has 38 heavy (non-hydrogen) atoms. The van der Waals surface area contributed by atoms with Crippen LogP contribution in [0.4, 0.5) is 0 Å². The van der Waals surface area contributed by atoms with Crippen LogP contribution in [-0.2, 0) is 16.0 Å². The second-order valence-electron chi connectivity index (χ2n) is 12.7. The largest absolute Gasteiger partial charge is 0.504 e. The van der Waals surface area contributed by atoms with Gasteiger partial charge in [-0.05, 0) is 59.8 Å². The van der Waals surface area contributed by atoms with E-state index in [9.17, 15) is 14.7 Å². The highest BCUT2D eigenvalue weighted by Crippen LogP contribution is 2.54. The Kier molecular flexibility index (Phi) is 6.75. The highest BCUT2D eigenvalue weighted by Gasteiger charge is 2.48. The van der Waals surface area contributed by atoms with E-state index in [0.29, 0.717) is 18.6 Å². The van der Waals surface area contributed by atoms with Crippen LogP contribution in [-0.4, -0.2) is 35.2 Å². The number of benzene rings is 2. The Hall–Kier alpha value is -3.34. The quantitative estimate of drug-likeness (QED) is 0.464. The predicted octanol–water partition coefficient (Wildman–Crippen LogP) is 6.72. The maximum Gasteiger partial charge on any atom is 0.162 e. The third-order valence-corrected chi connectivity index (χ3v) is 8.25.